The SMILES string of the molecule is Cc1ccc(C)n1-c1ccc(Cl)c(C(=O)NC2CCN(CC(F)(F)F)C2)c1. The van der Waals surface area contributed by atoms with E-state index in [-0.39, 0.29) is 18.5 Å². The van der Waals surface area contributed by atoms with E-state index in [2.05, 4.69) is 5.32 Å². The van der Waals surface area contributed by atoms with Crippen molar-refractivity contribution in [1.29, 1.82) is 0 Å². The summed E-state index contributed by atoms with van der Waals surface area (Å²) in [6.45, 7) is 3.46. The normalized spacial score (nSPS) is 18.1. The van der Waals surface area contributed by atoms with E-state index in [0.717, 1.165) is 17.1 Å². The van der Waals surface area contributed by atoms with Crippen LogP contribution in [0.15, 0.2) is 30.3 Å². The highest BCUT2D eigenvalue weighted by molar-refractivity contribution is 6.33. The first-order valence-corrected chi connectivity index (χ1v) is 9.06. The van der Waals surface area contributed by atoms with E-state index >= 15 is 0 Å². The first kappa shape index (κ1) is 19.8. The van der Waals surface area contributed by atoms with Crippen molar-refractivity contribution in [3.05, 3.63) is 52.3 Å². The van der Waals surface area contributed by atoms with Crippen LogP contribution in [0.2, 0.25) is 5.02 Å². The fraction of sp³-hybridized carbons (Fsp3) is 0.421. The molecule has 1 amide bonds. The Morgan fingerprint density at radius 2 is 1.89 bits per heavy atom. The van der Waals surface area contributed by atoms with Crippen LogP contribution in [-0.2, 0) is 0 Å². The van der Waals surface area contributed by atoms with E-state index in [4.69, 9.17) is 11.6 Å². The molecule has 1 saturated heterocycles. The second kappa shape index (κ2) is 7.56. The molecule has 8 heteroatoms. The minimum atomic E-state index is -4.23. The van der Waals surface area contributed by atoms with Crippen molar-refractivity contribution >= 4 is 17.5 Å². The molecule has 3 rings (SSSR count). The van der Waals surface area contributed by atoms with Gasteiger partial charge >= 0.3 is 6.18 Å². The Hall–Kier alpha value is -1.99. The average Bonchev–Trinajstić information content (AvgIpc) is 3.13. The molecule has 1 N–H and O–H groups in total. The van der Waals surface area contributed by atoms with Gasteiger partial charge in [-0.2, -0.15) is 13.2 Å². The van der Waals surface area contributed by atoms with Gasteiger partial charge < -0.3 is 9.88 Å². The molecule has 2 heterocycles. The van der Waals surface area contributed by atoms with Crippen molar-refractivity contribution < 1.29 is 18.0 Å². The lowest BCUT2D eigenvalue weighted by atomic mass is 10.1. The molecule has 1 aromatic heterocycles. The molecule has 146 valence electrons. The Balaban J connectivity index is 1.73. The molecule has 1 unspecified atom stereocenters. The predicted molar refractivity (Wildman–Crippen MR) is 98.6 cm³/mol. The number of carbonyl (C=O) groups is 1. The molecule has 1 aliphatic rings. The van der Waals surface area contributed by atoms with Crippen LogP contribution in [0.3, 0.4) is 0 Å². The molecule has 1 fully saturated rings. The summed E-state index contributed by atoms with van der Waals surface area (Å²) >= 11 is 6.20. The number of benzene rings is 1. The van der Waals surface area contributed by atoms with Gasteiger partial charge in [0.2, 0.25) is 0 Å². The van der Waals surface area contributed by atoms with Crippen LogP contribution in [0, 0.1) is 13.8 Å². The number of nitrogens with one attached hydrogen (secondary N) is 1. The van der Waals surface area contributed by atoms with E-state index < -0.39 is 12.7 Å². The zero-order valence-corrected chi connectivity index (χ0v) is 15.9. The Morgan fingerprint density at radius 1 is 1.22 bits per heavy atom. The van der Waals surface area contributed by atoms with Crippen LogP contribution < -0.4 is 5.32 Å². The lowest BCUT2D eigenvalue weighted by molar-refractivity contribution is -0.143. The molecule has 2 aromatic rings. The first-order chi connectivity index (χ1) is 12.6. The summed E-state index contributed by atoms with van der Waals surface area (Å²) in [4.78, 5) is 14.0. The number of alkyl halides is 3. The lowest BCUT2D eigenvalue weighted by Gasteiger charge is -2.18. The number of halogens is 4. The number of hydrogen-bond acceptors (Lipinski definition) is 2. The number of nitrogens with zero attached hydrogens (tertiary/aromatic N) is 2. The quantitative estimate of drug-likeness (QED) is 0.840. The molecule has 0 bridgehead atoms. The average molecular weight is 400 g/mol. The highest BCUT2D eigenvalue weighted by Crippen LogP contribution is 2.24. The van der Waals surface area contributed by atoms with Crippen LogP contribution in [0.5, 0.6) is 0 Å². The van der Waals surface area contributed by atoms with Crippen LogP contribution in [0.25, 0.3) is 5.69 Å². The number of likely N-dealkylation sites (tertiary alicyclic amines) is 1. The zero-order chi connectivity index (χ0) is 19.8. The summed E-state index contributed by atoms with van der Waals surface area (Å²) in [5.41, 5.74) is 3.19. The second-order valence-electron chi connectivity index (χ2n) is 6.93. The van der Waals surface area contributed by atoms with Crippen LogP contribution in [-0.4, -0.2) is 47.2 Å². The third-order valence-electron chi connectivity index (χ3n) is 4.73. The van der Waals surface area contributed by atoms with Gasteiger partial charge in [-0.15, -0.1) is 0 Å². The van der Waals surface area contributed by atoms with Crippen molar-refractivity contribution in [2.24, 2.45) is 0 Å². The molecule has 0 aliphatic carbocycles. The molecule has 0 saturated carbocycles. The molecule has 4 nitrogen and oxygen atoms in total. The zero-order valence-electron chi connectivity index (χ0n) is 15.1. The Morgan fingerprint density at radius 3 is 2.52 bits per heavy atom. The monoisotopic (exact) mass is 399 g/mol. The van der Waals surface area contributed by atoms with Crippen molar-refractivity contribution in [2.45, 2.75) is 32.5 Å². The number of hydrogen-bond donors (Lipinski definition) is 1. The maximum absolute atomic E-state index is 12.7. The minimum absolute atomic E-state index is 0.179. The van der Waals surface area contributed by atoms with E-state index in [1.165, 1.54) is 4.90 Å². The van der Waals surface area contributed by atoms with Gasteiger partial charge in [0.15, 0.2) is 0 Å². The number of amides is 1. The molecule has 27 heavy (non-hydrogen) atoms. The van der Waals surface area contributed by atoms with Crippen molar-refractivity contribution in [3.8, 4) is 5.69 Å². The molecule has 1 aromatic carbocycles. The summed E-state index contributed by atoms with van der Waals surface area (Å²) < 4.78 is 39.5. The Labute approximate surface area is 160 Å². The van der Waals surface area contributed by atoms with Crippen LogP contribution in [0.4, 0.5) is 13.2 Å². The van der Waals surface area contributed by atoms with Crippen molar-refractivity contribution in [1.82, 2.24) is 14.8 Å². The third kappa shape index (κ3) is 4.65. The van der Waals surface area contributed by atoms with E-state index in [0.29, 0.717) is 23.6 Å². The predicted octanol–water partition coefficient (Wildman–Crippen LogP) is 4.11. The largest absolute Gasteiger partial charge is 0.401 e. The summed E-state index contributed by atoms with van der Waals surface area (Å²) in [5, 5.41) is 3.12. The summed E-state index contributed by atoms with van der Waals surface area (Å²) in [6.07, 6.45) is -3.75. The van der Waals surface area contributed by atoms with E-state index in [9.17, 15) is 18.0 Å². The highest BCUT2D eigenvalue weighted by atomic mass is 35.5. The van der Waals surface area contributed by atoms with Gasteiger partial charge in [0.1, 0.15) is 0 Å². The number of aromatic nitrogens is 1. The first-order valence-electron chi connectivity index (χ1n) is 8.69. The number of aryl methyl sites for hydroxylation is 2. The van der Waals surface area contributed by atoms with E-state index in [1.807, 2.05) is 36.6 Å². The molecule has 0 spiro atoms. The van der Waals surface area contributed by atoms with Crippen LogP contribution in [0.1, 0.15) is 28.2 Å². The standard InChI is InChI=1S/C19H21ClF3N3O/c1-12-3-4-13(2)26(12)15-5-6-17(20)16(9-15)18(27)24-14-7-8-25(10-14)11-19(21,22)23/h3-6,9,14H,7-8,10-11H2,1-2H3,(H,24,27). The summed E-state index contributed by atoms with van der Waals surface area (Å²) in [7, 11) is 0. The van der Waals surface area contributed by atoms with Crippen molar-refractivity contribution in [3.63, 3.8) is 0 Å². The maximum Gasteiger partial charge on any atom is 0.401 e. The smallest absolute Gasteiger partial charge is 0.348 e. The Bertz CT molecular complexity index is 828. The van der Waals surface area contributed by atoms with Gasteiger partial charge in [-0.25, -0.2) is 0 Å². The molecule has 0 radical (unpaired) electrons. The maximum atomic E-state index is 12.7. The third-order valence-corrected chi connectivity index (χ3v) is 5.06. The topological polar surface area (TPSA) is 37.3 Å². The number of rotatable bonds is 4. The molecular weight excluding hydrogens is 379 g/mol. The van der Waals surface area contributed by atoms with Gasteiger partial charge in [-0.1, -0.05) is 11.6 Å². The second-order valence-corrected chi connectivity index (χ2v) is 7.33. The van der Waals surface area contributed by atoms with Gasteiger partial charge in [0, 0.05) is 36.2 Å². The summed E-state index contributed by atoms with van der Waals surface area (Å²) in [5.74, 6) is -0.372. The Kier molecular flexibility index (Phi) is 5.53. The van der Waals surface area contributed by atoms with Gasteiger partial charge in [-0.05, 0) is 50.6 Å². The van der Waals surface area contributed by atoms with Gasteiger partial charge in [-0.3, -0.25) is 9.69 Å². The molecule has 1 atom stereocenters. The lowest BCUT2D eigenvalue weighted by Crippen LogP contribution is -2.39. The van der Waals surface area contributed by atoms with Gasteiger partial charge in [0.25, 0.3) is 5.91 Å². The van der Waals surface area contributed by atoms with E-state index in [1.54, 1.807) is 12.1 Å². The minimum Gasteiger partial charge on any atom is -0.348 e. The van der Waals surface area contributed by atoms with Crippen LogP contribution >= 0.6 is 11.6 Å². The van der Waals surface area contributed by atoms with Crippen molar-refractivity contribution in [2.75, 3.05) is 19.6 Å². The fourth-order valence-electron chi connectivity index (χ4n) is 3.51. The van der Waals surface area contributed by atoms with Gasteiger partial charge in [0.05, 0.1) is 17.1 Å². The molecule has 1 aliphatic heterocycles. The summed E-state index contributed by atoms with van der Waals surface area (Å²) in [6, 6.07) is 8.85. The highest BCUT2D eigenvalue weighted by Gasteiger charge is 2.34. The number of carbonyl (C=O) groups excluding carboxylic acids is 1. The fourth-order valence-corrected chi connectivity index (χ4v) is 3.72. The molecular formula is C19H21ClF3N3O.